The fourth-order valence-electron chi connectivity index (χ4n) is 2.26. The highest BCUT2D eigenvalue weighted by Crippen LogP contribution is 2.22. The molecule has 3 nitrogen and oxygen atoms in total. The molecule has 100 valence electrons. The molecule has 1 N–H and O–H groups in total. The molecule has 3 aromatic rings. The van der Waals surface area contributed by atoms with Gasteiger partial charge in [0.2, 0.25) is 0 Å². The number of aromatic nitrogens is 1. The lowest BCUT2D eigenvalue weighted by Crippen LogP contribution is -2.15. The molecule has 0 aliphatic rings. The van der Waals surface area contributed by atoms with E-state index in [-0.39, 0.29) is 11.7 Å². The minimum Gasteiger partial charge on any atom is -0.340 e. The largest absolute Gasteiger partial charge is 0.340 e. The molecule has 0 radical (unpaired) electrons. The second kappa shape index (κ2) is 4.81. The van der Waals surface area contributed by atoms with Crippen LogP contribution in [-0.2, 0) is 7.05 Å². The van der Waals surface area contributed by atoms with E-state index in [2.05, 4.69) is 5.32 Å². The Hall–Kier alpha value is -2.62. The summed E-state index contributed by atoms with van der Waals surface area (Å²) in [5.74, 6) is -0.578. The number of carbonyl (C=O) groups is 1. The molecule has 0 unspecified atom stereocenters. The van der Waals surface area contributed by atoms with Crippen LogP contribution in [0.15, 0.2) is 54.6 Å². The molecule has 20 heavy (non-hydrogen) atoms. The van der Waals surface area contributed by atoms with Gasteiger partial charge in [0.1, 0.15) is 11.5 Å². The number of aryl methyl sites for hydroxylation is 1. The number of carbonyl (C=O) groups excluding carboxylic acids is 1. The number of anilines is 1. The van der Waals surface area contributed by atoms with Gasteiger partial charge in [-0.2, -0.15) is 0 Å². The molecular weight excluding hydrogens is 255 g/mol. The van der Waals surface area contributed by atoms with Gasteiger partial charge in [-0.25, -0.2) is 4.39 Å². The van der Waals surface area contributed by atoms with Gasteiger partial charge in [0.05, 0.1) is 5.52 Å². The van der Waals surface area contributed by atoms with E-state index >= 15 is 0 Å². The third-order valence-corrected chi connectivity index (χ3v) is 3.30. The molecule has 4 heteroatoms. The van der Waals surface area contributed by atoms with Crippen LogP contribution < -0.4 is 5.32 Å². The Kier molecular flexibility index (Phi) is 2.99. The molecule has 0 saturated carbocycles. The predicted octanol–water partition coefficient (Wildman–Crippen LogP) is 3.57. The third-order valence-electron chi connectivity index (χ3n) is 3.30. The van der Waals surface area contributed by atoms with Crippen molar-refractivity contribution in [3.05, 3.63) is 66.1 Å². The van der Waals surface area contributed by atoms with Crippen molar-refractivity contribution in [2.75, 3.05) is 5.32 Å². The van der Waals surface area contributed by atoms with Gasteiger partial charge in [-0.05, 0) is 30.3 Å². The molecule has 0 fully saturated rings. The number of hydrogen-bond acceptors (Lipinski definition) is 1. The van der Waals surface area contributed by atoms with Crippen LogP contribution >= 0.6 is 0 Å². The average Bonchev–Trinajstić information content (AvgIpc) is 2.79. The van der Waals surface area contributed by atoms with Crippen molar-refractivity contribution in [3.8, 4) is 0 Å². The van der Waals surface area contributed by atoms with Crippen LogP contribution in [-0.4, -0.2) is 10.5 Å². The Balaban J connectivity index is 2.00. The molecule has 1 amide bonds. The highest BCUT2D eigenvalue weighted by molar-refractivity contribution is 6.06. The number of halogens is 1. The molecule has 0 saturated heterocycles. The number of fused-ring (bicyclic) bond motifs is 1. The third kappa shape index (κ3) is 2.05. The van der Waals surface area contributed by atoms with E-state index in [1.807, 2.05) is 18.2 Å². The maximum Gasteiger partial charge on any atom is 0.272 e. The molecule has 1 heterocycles. The SMILES string of the molecule is Cn1c(C(=O)Nc2ccccc2)cc2c(F)cccc21. The van der Waals surface area contributed by atoms with Crippen LogP contribution in [0.3, 0.4) is 0 Å². The first-order valence-corrected chi connectivity index (χ1v) is 6.27. The zero-order valence-corrected chi connectivity index (χ0v) is 10.9. The van der Waals surface area contributed by atoms with Crippen molar-refractivity contribution in [2.45, 2.75) is 0 Å². The Morgan fingerprint density at radius 3 is 2.55 bits per heavy atom. The number of amides is 1. The zero-order valence-electron chi connectivity index (χ0n) is 10.9. The summed E-state index contributed by atoms with van der Waals surface area (Å²) in [6.45, 7) is 0. The first-order chi connectivity index (χ1) is 9.66. The molecule has 2 aromatic carbocycles. The minimum absolute atomic E-state index is 0.255. The number of hydrogen-bond donors (Lipinski definition) is 1. The minimum atomic E-state index is -0.322. The van der Waals surface area contributed by atoms with Gasteiger partial charge in [0, 0.05) is 18.1 Å². The van der Waals surface area contributed by atoms with Crippen molar-refractivity contribution in [1.29, 1.82) is 0 Å². The summed E-state index contributed by atoms with van der Waals surface area (Å²) in [6, 6.07) is 15.6. The van der Waals surface area contributed by atoms with Crippen molar-refractivity contribution in [2.24, 2.45) is 7.05 Å². The Labute approximate surface area is 115 Å². The predicted molar refractivity (Wildman–Crippen MR) is 77.3 cm³/mol. The van der Waals surface area contributed by atoms with Crippen LogP contribution in [0.25, 0.3) is 10.9 Å². The summed E-state index contributed by atoms with van der Waals surface area (Å²) in [5.41, 5.74) is 1.83. The molecule has 3 rings (SSSR count). The van der Waals surface area contributed by atoms with Gasteiger partial charge >= 0.3 is 0 Å². The summed E-state index contributed by atoms with van der Waals surface area (Å²) in [7, 11) is 1.75. The summed E-state index contributed by atoms with van der Waals surface area (Å²) in [6.07, 6.45) is 0. The smallest absolute Gasteiger partial charge is 0.272 e. The van der Waals surface area contributed by atoms with E-state index in [0.717, 1.165) is 0 Å². The van der Waals surface area contributed by atoms with Gasteiger partial charge in [-0.3, -0.25) is 4.79 Å². The van der Waals surface area contributed by atoms with E-state index in [1.54, 1.807) is 41.9 Å². The summed E-state index contributed by atoms with van der Waals surface area (Å²) >= 11 is 0. The van der Waals surface area contributed by atoms with Crippen LogP contribution in [0, 0.1) is 5.82 Å². The Bertz CT molecular complexity index is 778. The maximum atomic E-state index is 13.7. The van der Waals surface area contributed by atoms with Gasteiger partial charge in [0.25, 0.3) is 5.91 Å². The van der Waals surface area contributed by atoms with Crippen LogP contribution in [0.1, 0.15) is 10.5 Å². The monoisotopic (exact) mass is 268 g/mol. The van der Waals surface area contributed by atoms with Crippen LogP contribution in [0.2, 0.25) is 0 Å². The van der Waals surface area contributed by atoms with E-state index < -0.39 is 0 Å². The molecule has 0 aliphatic carbocycles. The van der Waals surface area contributed by atoms with E-state index in [4.69, 9.17) is 0 Å². The zero-order chi connectivity index (χ0) is 14.1. The van der Waals surface area contributed by atoms with Gasteiger partial charge in [-0.15, -0.1) is 0 Å². The lowest BCUT2D eigenvalue weighted by atomic mass is 10.2. The van der Waals surface area contributed by atoms with Crippen molar-refractivity contribution >= 4 is 22.5 Å². The normalized spacial score (nSPS) is 10.7. The maximum absolute atomic E-state index is 13.7. The summed E-state index contributed by atoms with van der Waals surface area (Å²) < 4.78 is 15.4. The highest BCUT2D eigenvalue weighted by Gasteiger charge is 2.15. The fourth-order valence-corrected chi connectivity index (χ4v) is 2.26. The molecule has 0 bridgehead atoms. The fraction of sp³-hybridized carbons (Fsp3) is 0.0625. The number of para-hydroxylation sites is 1. The van der Waals surface area contributed by atoms with E-state index in [9.17, 15) is 9.18 Å². The first-order valence-electron chi connectivity index (χ1n) is 6.27. The number of benzene rings is 2. The second-order valence-electron chi connectivity index (χ2n) is 4.58. The average molecular weight is 268 g/mol. The topological polar surface area (TPSA) is 34.0 Å². The Morgan fingerprint density at radius 2 is 1.85 bits per heavy atom. The second-order valence-corrected chi connectivity index (χ2v) is 4.58. The highest BCUT2D eigenvalue weighted by atomic mass is 19.1. The van der Waals surface area contributed by atoms with Gasteiger partial charge in [0.15, 0.2) is 0 Å². The molecular formula is C16H13FN2O. The molecule has 0 spiro atoms. The van der Waals surface area contributed by atoms with Crippen molar-refractivity contribution < 1.29 is 9.18 Å². The molecule has 0 atom stereocenters. The van der Waals surface area contributed by atoms with Crippen molar-refractivity contribution in [3.63, 3.8) is 0 Å². The Morgan fingerprint density at radius 1 is 1.10 bits per heavy atom. The number of nitrogens with zero attached hydrogens (tertiary/aromatic N) is 1. The number of nitrogens with one attached hydrogen (secondary N) is 1. The quantitative estimate of drug-likeness (QED) is 0.757. The van der Waals surface area contributed by atoms with Crippen LogP contribution in [0.5, 0.6) is 0 Å². The van der Waals surface area contributed by atoms with E-state index in [1.165, 1.54) is 6.07 Å². The van der Waals surface area contributed by atoms with E-state index in [0.29, 0.717) is 22.3 Å². The first kappa shape index (κ1) is 12.4. The van der Waals surface area contributed by atoms with Crippen LogP contribution in [0.4, 0.5) is 10.1 Å². The summed E-state index contributed by atoms with van der Waals surface area (Å²) in [4.78, 5) is 12.3. The van der Waals surface area contributed by atoms with Crippen molar-refractivity contribution in [1.82, 2.24) is 4.57 Å². The molecule has 1 aromatic heterocycles. The van der Waals surface area contributed by atoms with Gasteiger partial charge < -0.3 is 9.88 Å². The number of rotatable bonds is 2. The summed E-state index contributed by atoms with van der Waals surface area (Å²) in [5, 5.41) is 3.25. The molecule has 0 aliphatic heterocycles. The standard InChI is InChI=1S/C16H13FN2O/c1-19-14-9-5-8-13(17)12(14)10-15(19)16(20)18-11-6-3-2-4-7-11/h2-10H,1H3,(H,18,20). The van der Waals surface area contributed by atoms with Gasteiger partial charge in [-0.1, -0.05) is 24.3 Å². The lowest BCUT2D eigenvalue weighted by Gasteiger charge is -2.06. The lowest BCUT2D eigenvalue weighted by molar-refractivity contribution is 0.102.